The molecule has 3 rings (SSSR count). The highest BCUT2D eigenvalue weighted by atomic mass is 32.2. The third-order valence-electron chi connectivity index (χ3n) is 4.57. The fourth-order valence-electron chi connectivity index (χ4n) is 2.85. The molecule has 0 amide bonds. The van der Waals surface area contributed by atoms with Crippen molar-refractivity contribution in [3.05, 3.63) is 87.6 Å². The van der Waals surface area contributed by atoms with Crippen molar-refractivity contribution in [3.8, 4) is 0 Å². The van der Waals surface area contributed by atoms with Gasteiger partial charge in [0.1, 0.15) is 5.25 Å². The topological polar surface area (TPSA) is 68.3 Å². The molecule has 3 aromatic rings. The fraction of sp³-hybridized carbons (Fsp3) is 0.182. The van der Waals surface area contributed by atoms with Crippen LogP contribution in [0.3, 0.4) is 0 Å². The van der Waals surface area contributed by atoms with E-state index < -0.39 is 20.9 Å². The monoisotopic (exact) mass is 412 g/mol. The summed E-state index contributed by atoms with van der Waals surface area (Å²) >= 11 is 1.35. The maximum Gasteiger partial charge on any atom is 0.189 e. The standard InChI is InChI=1S/C22H20O4S2/c1-15-3-7-17(8-4-15)22(24)21(13-20(23)18-11-12-27-14-18)28(25,26)19-9-5-16(2)6-10-19/h3-12,14,21H,13H2,1-2H3/t21-/m0/s1. The number of thiophene rings is 1. The molecule has 1 aromatic heterocycles. The second kappa shape index (κ2) is 8.20. The summed E-state index contributed by atoms with van der Waals surface area (Å²) in [6.07, 6.45) is -0.389. The van der Waals surface area contributed by atoms with Crippen molar-refractivity contribution in [2.24, 2.45) is 0 Å². The van der Waals surface area contributed by atoms with Crippen LogP contribution in [0.5, 0.6) is 0 Å². The SMILES string of the molecule is Cc1ccc(C(=O)[C@H](CC(=O)c2ccsc2)S(=O)(=O)c2ccc(C)cc2)cc1. The summed E-state index contributed by atoms with van der Waals surface area (Å²) in [6, 6.07) is 14.7. The lowest BCUT2D eigenvalue weighted by atomic mass is 10.0. The third-order valence-corrected chi connectivity index (χ3v) is 7.31. The van der Waals surface area contributed by atoms with E-state index in [4.69, 9.17) is 0 Å². The Kier molecular flexibility index (Phi) is 5.91. The Hall–Kier alpha value is -2.57. The summed E-state index contributed by atoms with van der Waals surface area (Å²) in [5, 5.41) is 1.94. The first-order valence-corrected chi connectivity index (χ1v) is 11.2. The number of hydrogen-bond acceptors (Lipinski definition) is 5. The molecule has 0 fully saturated rings. The van der Waals surface area contributed by atoms with Gasteiger partial charge in [0.25, 0.3) is 0 Å². The van der Waals surface area contributed by atoms with Gasteiger partial charge in [-0.3, -0.25) is 9.59 Å². The maximum atomic E-state index is 13.3. The predicted molar refractivity (Wildman–Crippen MR) is 111 cm³/mol. The Morgan fingerprint density at radius 1 is 0.857 bits per heavy atom. The van der Waals surface area contributed by atoms with E-state index in [-0.39, 0.29) is 22.7 Å². The lowest BCUT2D eigenvalue weighted by Crippen LogP contribution is -2.33. The van der Waals surface area contributed by atoms with Gasteiger partial charge in [0.05, 0.1) is 4.90 Å². The number of aryl methyl sites for hydroxylation is 2. The summed E-state index contributed by atoms with van der Waals surface area (Å²) in [5.74, 6) is -0.924. The van der Waals surface area contributed by atoms with Gasteiger partial charge >= 0.3 is 0 Å². The van der Waals surface area contributed by atoms with Crippen LogP contribution in [0.15, 0.2) is 70.3 Å². The molecule has 144 valence electrons. The Morgan fingerprint density at radius 3 is 1.96 bits per heavy atom. The van der Waals surface area contributed by atoms with Crippen molar-refractivity contribution in [1.82, 2.24) is 0 Å². The summed E-state index contributed by atoms with van der Waals surface area (Å²) in [5.41, 5.74) is 2.58. The first kappa shape index (κ1) is 20.2. The Morgan fingerprint density at radius 2 is 1.43 bits per heavy atom. The van der Waals surface area contributed by atoms with Gasteiger partial charge in [-0.15, -0.1) is 0 Å². The molecule has 28 heavy (non-hydrogen) atoms. The van der Waals surface area contributed by atoms with Crippen LogP contribution in [0.4, 0.5) is 0 Å². The molecule has 0 spiro atoms. The fourth-order valence-corrected chi connectivity index (χ4v) is 5.14. The first-order valence-electron chi connectivity index (χ1n) is 8.76. The number of benzene rings is 2. The zero-order valence-electron chi connectivity index (χ0n) is 15.6. The molecule has 0 saturated heterocycles. The molecule has 0 saturated carbocycles. The molecule has 0 aliphatic rings. The number of sulfone groups is 1. The van der Waals surface area contributed by atoms with Gasteiger partial charge in [0.15, 0.2) is 21.4 Å². The summed E-state index contributed by atoms with van der Waals surface area (Å²) in [4.78, 5) is 25.8. The molecule has 4 nitrogen and oxygen atoms in total. The smallest absolute Gasteiger partial charge is 0.189 e. The summed E-state index contributed by atoms with van der Waals surface area (Å²) in [7, 11) is -4.03. The van der Waals surface area contributed by atoms with Gasteiger partial charge in [-0.2, -0.15) is 11.3 Å². The van der Waals surface area contributed by atoms with Crippen molar-refractivity contribution < 1.29 is 18.0 Å². The predicted octanol–water partition coefficient (Wildman–Crippen LogP) is 4.66. The average Bonchev–Trinajstić information content (AvgIpc) is 3.21. The molecular weight excluding hydrogens is 392 g/mol. The number of hydrogen-bond donors (Lipinski definition) is 0. The van der Waals surface area contributed by atoms with Crippen molar-refractivity contribution in [3.63, 3.8) is 0 Å². The first-order chi connectivity index (χ1) is 13.3. The Labute approximate surface area is 168 Å². The summed E-state index contributed by atoms with van der Waals surface area (Å²) in [6.45, 7) is 3.74. The third kappa shape index (κ3) is 4.29. The van der Waals surface area contributed by atoms with E-state index in [2.05, 4.69) is 0 Å². The van der Waals surface area contributed by atoms with Crippen molar-refractivity contribution in [2.75, 3.05) is 0 Å². The number of carbonyl (C=O) groups is 2. The van der Waals surface area contributed by atoms with Gasteiger partial charge < -0.3 is 0 Å². The quantitative estimate of drug-likeness (QED) is 0.529. The molecule has 0 unspecified atom stereocenters. The molecule has 0 aliphatic heterocycles. The van der Waals surface area contributed by atoms with Crippen LogP contribution < -0.4 is 0 Å². The highest BCUT2D eigenvalue weighted by molar-refractivity contribution is 7.92. The highest BCUT2D eigenvalue weighted by Gasteiger charge is 2.36. The largest absolute Gasteiger partial charge is 0.294 e. The van der Waals surface area contributed by atoms with Crippen LogP contribution in [-0.2, 0) is 9.84 Å². The number of Topliss-reactive ketones (excluding diaryl/α,β-unsaturated/α-hetero) is 2. The average molecular weight is 413 g/mol. The van der Waals surface area contributed by atoms with E-state index in [1.165, 1.54) is 23.5 Å². The lowest BCUT2D eigenvalue weighted by molar-refractivity contribution is 0.0921. The minimum Gasteiger partial charge on any atom is -0.294 e. The summed E-state index contributed by atoms with van der Waals surface area (Å²) < 4.78 is 26.5. The zero-order valence-corrected chi connectivity index (χ0v) is 17.2. The van der Waals surface area contributed by atoms with Crippen LogP contribution in [0.1, 0.15) is 38.3 Å². The number of carbonyl (C=O) groups excluding carboxylic acids is 2. The van der Waals surface area contributed by atoms with E-state index in [0.717, 1.165) is 11.1 Å². The Bertz CT molecular complexity index is 1080. The molecule has 1 atom stereocenters. The molecule has 0 N–H and O–H groups in total. The molecule has 0 aliphatic carbocycles. The van der Waals surface area contributed by atoms with E-state index in [0.29, 0.717) is 5.56 Å². The minimum absolute atomic E-state index is 0.0432. The zero-order chi connectivity index (χ0) is 20.3. The molecule has 1 heterocycles. The minimum atomic E-state index is -4.03. The maximum absolute atomic E-state index is 13.3. The van der Waals surface area contributed by atoms with Crippen LogP contribution >= 0.6 is 11.3 Å². The van der Waals surface area contributed by atoms with Crippen molar-refractivity contribution >= 4 is 32.7 Å². The van der Waals surface area contributed by atoms with Crippen LogP contribution in [-0.4, -0.2) is 25.2 Å². The Balaban J connectivity index is 2.02. The van der Waals surface area contributed by atoms with Crippen LogP contribution in [0, 0.1) is 13.8 Å². The van der Waals surface area contributed by atoms with Gasteiger partial charge in [-0.05, 0) is 37.4 Å². The highest BCUT2D eigenvalue weighted by Crippen LogP contribution is 2.25. The molecule has 0 bridgehead atoms. The van der Waals surface area contributed by atoms with E-state index in [9.17, 15) is 18.0 Å². The lowest BCUT2D eigenvalue weighted by Gasteiger charge is -2.17. The van der Waals surface area contributed by atoms with E-state index in [1.807, 2.05) is 13.8 Å². The van der Waals surface area contributed by atoms with Crippen LogP contribution in [0.2, 0.25) is 0 Å². The van der Waals surface area contributed by atoms with E-state index in [1.54, 1.807) is 53.2 Å². The van der Waals surface area contributed by atoms with E-state index >= 15 is 0 Å². The van der Waals surface area contributed by atoms with Gasteiger partial charge in [-0.25, -0.2) is 8.42 Å². The molecule has 0 radical (unpaired) electrons. The van der Waals surface area contributed by atoms with Crippen molar-refractivity contribution in [1.29, 1.82) is 0 Å². The van der Waals surface area contributed by atoms with Gasteiger partial charge in [-0.1, -0.05) is 47.5 Å². The van der Waals surface area contributed by atoms with Crippen molar-refractivity contribution in [2.45, 2.75) is 30.4 Å². The molecule has 2 aromatic carbocycles. The second-order valence-electron chi connectivity index (χ2n) is 6.72. The molecule has 6 heteroatoms. The van der Waals surface area contributed by atoms with Gasteiger partial charge in [0.2, 0.25) is 0 Å². The van der Waals surface area contributed by atoms with Gasteiger partial charge in [0, 0.05) is 22.9 Å². The number of ketones is 2. The molecular formula is C22H20O4S2. The second-order valence-corrected chi connectivity index (χ2v) is 9.63. The normalized spacial score (nSPS) is 12.5. The number of rotatable bonds is 7. The van der Waals surface area contributed by atoms with Crippen LogP contribution in [0.25, 0.3) is 0 Å².